The van der Waals surface area contributed by atoms with Crippen LogP contribution in [0.1, 0.15) is 128 Å². The van der Waals surface area contributed by atoms with Crippen molar-refractivity contribution in [2.45, 2.75) is 127 Å². The normalized spacial score (nSPS) is 11.2. The molecule has 0 aromatic heterocycles. The van der Waals surface area contributed by atoms with Crippen molar-refractivity contribution in [3.63, 3.8) is 0 Å². The fourth-order valence-electron chi connectivity index (χ4n) is 4.76. The third-order valence-electron chi connectivity index (χ3n) is 7.20. The molecule has 0 unspecified atom stereocenters. The summed E-state index contributed by atoms with van der Waals surface area (Å²) in [6.45, 7) is 5.60. The summed E-state index contributed by atoms with van der Waals surface area (Å²) in [7, 11) is -3.66. The van der Waals surface area contributed by atoms with Gasteiger partial charge in [0.25, 0.3) is 0 Å². The van der Waals surface area contributed by atoms with E-state index in [2.05, 4.69) is 13.8 Å². The summed E-state index contributed by atoms with van der Waals surface area (Å²) in [6.07, 6.45) is 19.5. The zero-order chi connectivity index (χ0) is 28.9. The molecule has 2 aromatic rings. The largest absolute Gasteiger partial charge is 1.00 e. The Morgan fingerprint density at radius 2 is 1.12 bits per heavy atom. The number of ether oxygens (including phenoxy) is 2. The molecule has 2 aromatic carbocycles. The maximum atomic E-state index is 13.2. The molecule has 0 aliphatic rings. The standard InChI is InChI=1S/C34H52ClO4S.Na/c1-3-5-7-9-11-13-15-20-24-38-33-27-31(29-40(36,37)32-22-18-17-19-23-32)34(26-30(33)28-35)39-25-21-16-14-12-10-8-6-4-2;/h17-19,22-23,26-27,29H,3-16,20-21,24-25,28H2,1-2H3;/q-1;+1. The number of halogens is 1. The number of hydrogen-bond acceptors (Lipinski definition) is 4. The van der Waals surface area contributed by atoms with Gasteiger partial charge in [-0.25, -0.2) is 8.42 Å². The second kappa shape index (κ2) is 23.6. The van der Waals surface area contributed by atoms with E-state index in [1.54, 1.807) is 30.3 Å². The van der Waals surface area contributed by atoms with Gasteiger partial charge in [-0.1, -0.05) is 134 Å². The summed E-state index contributed by atoms with van der Waals surface area (Å²) in [6, 6.07) is 12.1. The van der Waals surface area contributed by atoms with Crippen LogP contribution in [0.15, 0.2) is 47.4 Å². The quantitative estimate of drug-likeness (QED) is 0.0533. The molecule has 0 radical (unpaired) electrons. The third-order valence-corrected chi connectivity index (χ3v) is 8.98. The molecule has 0 saturated carbocycles. The molecule has 0 saturated heterocycles. The number of rotatable bonds is 24. The summed E-state index contributed by atoms with van der Waals surface area (Å²) in [5, 5.41) is 0. The maximum Gasteiger partial charge on any atom is 1.00 e. The fraction of sp³-hybridized carbons (Fsp3) is 0.618. The van der Waals surface area contributed by atoms with Crippen LogP contribution < -0.4 is 39.0 Å². The molecule has 0 amide bonds. The summed E-state index contributed by atoms with van der Waals surface area (Å²) >= 11 is 6.30. The van der Waals surface area contributed by atoms with Gasteiger partial charge in [0.2, 0.25) is 0 Å². The minimum absolute atomic E-state index is 0. The van der Waals surface area contributed by atoms with Crippen LogP contribution in [-0.2, 0) is 15.7 Å². The van der Waals surface area contributed by atoms with E-state index in [4.69, 9.17) is 21.1 Å². The molecular formula is C34H52ClNaO4S. The van der Waals surface area contributed by atoms with Crippen LogP contribution in [0.5, 0.6) is 11.5 Å². The molecule has 0 aliphatic carbocycles. The van der Waals surface area contributed by atoms with Gasteiger partial charge >= 0.3 is 29.6 Å². The number of hydrogen-bond donors (Lipinski definition) is 0. The van der Waals surface area contributed by atoms with Gasteiger partial charge < -0.3 is 9.47 Å². The van der Waals surface area contributed by atoms with Crippen molar-refractivity contribution >= 4 is 21.4 Å². The monoisotopic (exact) mass is 614 g/mol. The van der Waals surface area contributed by atoms with Crippen molar-refractivity contribution in [3.05, 3.63) is 59.3 Å². The predicted octanol–water partition coefficient (Wildman–Crippen LogP) is 7.45. The zero-order valence-electron chi connectivity index (χ0n) is 26.0. The third kappa shape index (κ3) is 16.0. The maximum absolute atomic E-state index is 13.2. The van der Waals surface area contributed by atoms with Crippen LogP contribution in [0.4, 0.5) is 0 Å². The van der Waals surface area contributed by atoms with Gasteiger partial charge in [0.1, 0.15) is 0 Å². The molecule has 2 rings (SSSR count). The molecule has 226 valence electrons. The average molecular weight is 615 g/mol. The minimum atomic E-state index is -3.66. The Morgan fingerprint density at radius 1 is 0.659 bits per heavy atom. The van der Waals surface area contributed by atoms with E-state index >= 15 is 0 Å². The molecule has 0 fully saturated rings. The Balaban J connectivity index is 0.00000840. The van der Waals surface area contributed by atoms with Gasteiger partial charge in [0, 0.05) is 11.6 Å². The Bertz CT molecular complexity index is 1030. The van der Waals surface area contributed by atoms with Gasteiger partial charge in [0.15, 0.2) is 9.84 Å². The van der Waals surface area contributed by atoms with Gasteiger partial charge in [-0.15, -0.1) is 23.2 Å². The van der Waals surface area contributed by atoms with E-state index in [-0.39, 0.29) is 40.3 Å². The molecule has 7 heteroatoms. The zero-order valence-corrected chi connectivity index (χ0v) is 29.5. The Kier molecular flexibility index (Phi) is 22.0. The number of benzene rings is 2. The van der Waals surface area contributed by atoms with Gasteiger partial charge in [-0.05, 0) is 30.5 Å². The first kappa shape index (κ1) is 38.2. The molecule has 0 spiro atoms. The van der Waals surface area contributed by atoms with Crippen LogP contribution in [0.2, 0.25) is 0 Å². The van der Waals surface area contributed by atoms with E-state index in [9.17, 15) is 8.42 Å². The van der Waals surface area contributed by atoms with Gasteiger partial charge in [-0.2, -0.15) is 0 Å². The van der Waals surface area contributed by atoms with Crippen molar-refractivity contribution in [2.75, 3.05) is 13.2 Å². The second-order valence-corrected chi connectivity index (χ2v) is 12.8. The first-order valence-corrected chi connectivity index (χ1v) is 17.7. The van der Waals surface area contributed by atoms with Crippen LogP contribution in [0.25, 0.3) is 0 Å². The molecule has 0 aliphatic heterocycles. The average Bonchev–Trinajstić information content (AvgIpc) is 2.96. The van der Waals surface area contributed by atoms with Crippen molar-refractivity contribution in [1.29, 1.82) is 0 Å². The summed E-state index contributed by atoms with van der Waals surface area (Å²) in [5.74, 6) is 2.74. The summed E-state index contributed by atoms with van der Waals surface area (Å²) < 4.78 is 38.7. The van der Waals surface area contributed by atoms with E-state index < -0.39 is 9.84 Å². The number of alkyl halides is 1. The van der Waals surface area contributed by atoms with Crippen LogP contribution in [0.3, 0.4) is 0 Å². The Morgan fingerprint density at radius 3 is 1.61 bits per heavy atom. The molecule has 4 nitrogen and oxygen atoms in total. The summed E-state index contributed by atoms with van der Waals surface area (Å²) in [5.41, 5.74) is 1.32. The Labute approximate surface area is 278 Å². The second-order valence-electron chi connectivity index (χ2n) is 10.8. The van der Waals surface area contributed by atoms with E-state index in [1.807, 2.05) is 12.1 Å². The van der Waals surface area contributed by atoms with E-state index in [1.165, 1.54) is 82.8 Å². The molecular weight excluding hydrogens is 563 g/mol. The van der Waals surface area contributed by atoms with Crippen molar-refractivity contribution in [3.8, 4) is 11.5 Å². The molecule has 0 atom stereocenters. The molecule has 0 N–H and O–H groups in total. The summed E-state index contributed by atoms with van der Waals surface area (Å²) in [4.78, 5) is 0.256. The smallest absolute Gasteiger partial charge is 0.550 e. The fourth-order valence-corrected chi connectivity index (χ4v) is 6.16. The van der Waals surface area contributed by atoms with Gasteiger partial charge in [0.05, 0.1) is 23.9 Å². The van der Waals surface area contributed by atoms with Crippen LogP contribution in [0, 0.1) is 5.75 Å². The SMILES string of the molecule is CCCCCCCCCCOc1cc(CCl)c(OCCCCCCCCCC)cc1[CH-]S(=O)(=O)c1ccccc1.[Na+]. The predicted molar refractivity (Wildman–Crippen MR) is 169 cm³/mol. The van der Waals surface area contributed by atoms with Crippen LogP contribution in [-0.4, -0.2) is 21.6 Å². The molecule has 41 heavy (non-hydrogen) atoms. The number of unbranched alkanes of at least 4 members (excludes halogenated alkanes) is 14. The molecule has 0 heterocycles. The van der Waals surface area contributed by atoms with Gasteiger partial charge in [-0.3, -0.25) is 0 Å². The first-order chi connectivity index (χ1) is 19.5. The van der Waals surface area contributed by atoms with E-state index in [0.717, 1.165) is 31.2 Å². The van der Waals surface area contributed by atoms with Crippen molar-refractivity contribution in [1.82, 2.24) is 0 Å². The minimum Gasteiger partial charge on any atom is -0.550 e. The first-order valence-electron chi connectivity index (χ1n) is 15.6. The Hall–Kier alpha value is -0.850. The van der Waals surface area contributed by atoms with Crippen molar-refractivity contribution < 1.29 is 47.4 Å². The molecule has 0 bridgehead atoms. The topological polar surface area (TPSA) is 52.6 Å². The van der Waals surface area contributed by atoms with Crippen molar-refractivity contribution in [2.24, 2.45) is 0 Å². The van der Waals surface area contributed by atoms with E-state index in [0.29, 0.717) is 30.3 Å². The van der Waals surface area contributed by atoms with Crippen LogP contribution >= 0.6 is 11.6 Å². The number of sulfone groups is 1.